The zero-order valence-corrected chi connectivity index (χ0v) is 15.0. The van der Waals surface area contributed by atoms with Gasteiger partial charge in [-0.15, -0.1) is 12.4 Å². The van der Waals surface area contributed by atoms with Gasteiger partial charge in [0.15, 0.2) is 0 Å². The molecule has 1 saturated heterocycles. The summed E-state index contributed by atoms with van der Waals surface area (Å²) in [5.74, 6) is 0.864. The van der Waals surface area contributed by atoms with Crippen LogP contribution >= 0.6 is 28.3 Å². The van der Waals surface area contributed by atoms with Gasteiger partial charge in [0, 0.05) is 12.6 Å². The maximum Gasteiger partial charge on any atom is 0.240 e. The van der Waals surface area contributed by atoms with Crippen molar-refractivity contribution in [1.29, 1.82) is 0 Å². The SMILES string of the molecule is COc1cc(S(=O)(=O)NCC2CCCNC2)ccc1Br.Cl. The first-order chi connectivity index (χ1) is 9.53. The van der Waals surface area contributed by atoms with E-state index in [1.807, 2.05) is 0 Å². The highest BCUT2D eigenvalue weighted by molar-refractivity contribution is 9.10. The number of benzene rings is 1. The second kappa shape index (κ2) is 8.33. The normalized spacial score (nSPS) is 18.9. The van der Waals surface area contributed by atoms with Gasteiger partial charge >= 0.3 is 0 Å². The Balaban J connectivity index is 0.00000220. The number of methoxy groups -OCH3 is 1. The summed E-state index contributed by atoms with van der Waals surface area (Å²) in [5.41, 5.74) is 0. The van der Waals surface area contributed by atoms with Gasteiger partial charge in [-0.1, -0.05) is 0 Å². The van der Waals surface area contributed by atoms with Crippen LogP contribution in [0.4, 0.5) is 0 Å². The Kier molecular flexibility index (Phi) is 7.42. The summed E-state index contributed by atoms with van der Waals surface area (Å²) in [6.45, 7) is 2.35. The first-order valence-electron chi connectivity index (χ1n) is 6.57. The van der Waals surface area contributed by atoms with E-state index in [1.54, 1.807) is 12.1 Å². The van der Waals surface area contributed by atoms with E-state index in [1.165, 1.54) is 13.2 Å². The number of rotatable bonds is 5. The Hall–Kier alpha value is -0.340. The third-order valence-electron chi connectivity index (χ3n) is 3.39. The van der Waals surface area contributed by atoms with Crippen LogP contribution in [0.25, 0.3) is 0 Å². The Labute approximate surface area is 140 Å². The van der Waals surface area contributed by atoms with Gasteiger partial charge in [-0.25, -0.2) is 13.1 Å². The summed E-state index contributed by atoms with van der Waals surface area (Å²) in [5, 5.41) is 3.28. The molecule has 1 aliphatic heterocycles. The van der Waals surface area contributed by atoms with E-state index in [-0.39, 0.29) is 17.3 Å². The molecule has 2 rings (SSSR count). The molecule has 0 bridgehead atoms. The Morgan fingerprint density at radius 2 is 2.24 bits per heavy atom. The van der Waals surface area contributed by atoms with E-state index in [0.717, 1.165) is 30.4 Å². The van der Waals surface area contributed by atoms with Crippen molar-refractivity contribution in [3.05, 3.63) is 22.7 Å². The fourth-order valence-electron chi connectivity index (χ4n) is 2.22. The van der Waals surface area contributed by atoms with Gasteiger partial charge in [0.05, 0.1) is 16.5 Å². The first kappa shape index (κ1) is 18.7. The molecule has 0 radical (unpaired) electrons. The Morgan fingerprint density at radius 3 is 2.86 bits per heavy atom. The van der Waals surface area contributed by atoms with Crippen molar-refractivity contribution in [3.8, 4) is 5.75 Å². The molecular formula is C13H20BrClN2O3S. The van der Waals surface area contributed by atoms with Gasteiger partial charge in [-0.05, 0) is 59.9 Å². The molecule has 120 valence electrons. The quantitative estimate of drug-likeness (QED) is 0.796. The van der Waals surface area contributed by atoms with Crippen LogP contribution in [0, 0.1) is 5.92 Å². The lowest BCUT2D eigenvalue weighted by atomic mass is 10.0. The lowest BCUT2D eigenvalue weighted by molar-refractivity contribution is 0.375. The molecular weight excluding hydrogens is 380 g/mol. The van der Waals surface area contributed by atoms with Gasteiger partial charge in [0.2, 0.25) is 10.0 Å². The van der Waals surface area contributed by atoms with Crippen molar-refractivity contribution in [3.63, 3.8) is 0 Å². The zero-order valence-electron chi connectivity index (χ0n) is 11.8. The standard InChI is InChI=1S/C13H19BrN2O3S.ClH/c1-19-13-7-11(4-5-12(13)14)20(17,18)16-9-10-3-2-6-15-8-10;/h4-5,7,10,15-16H,2-3,6,8-9H2,1H3;1H. The van der Waals surface area contributed by atoms with Crippen LogP contribution in [0.15, 0.2) is 27.6 Å². The number of piperidine rings is 1. The van der Waals surface area contributed by atoms with Crippen molar-refractivity contribution >= 4 is 38.4 Å². The Morgan fingerprint density at radius 1 is 1.48 bits per heavy atom. The molecule has 0 saturated carbocycles. The second-order valence-corrected chi connectivity index (χ2v) is 7.48. The van der Waals surface area contributed by atoms with Crippen LogP contribution < -0.4 is 14.8 Å². The monoisotopic (exact) mass is 398 g/mol. The minimum absolute atomic E-state index is 0. The maximum atomic E-state index is 12.3. The lowest BCUT2D eigenvalue weighted by Crippen LogP contribution is -2.38. The fraction of sp³-hybridized carbons (Fsp3) is 0.538. The highest BCUT2D eigenvalue weighted by atomic mass is 79.9. The van der Waals surface area contributed by atoms with E-state index < -0.39 is 10.0 Å². The van der Waals surface area contributed by atoms with Crippen LogP contribution in [-0.4, -0.2) is 35.2 Å². The van der Waals surface area contributed by atoms with Crippen molar-refractivity contribution < 1.29 is 13.2 Å². The third kappa shape index (κ3) is 5.10. The minimum atomic E-state index is -3.49. The van der Waals surface area contributed by atoms with Gasteiger partial charge in [-0.3, -0.25) is 0 Å². The van der Waals surface area contributed by atoms with Crippen LogP contribution in [0.5, 0.6) is 5.75 Å². The number of halogens is 2. The van der Waals surface area contributed by atoms with Gasteiger partial charge in [0.1, 0.15) is 5.75 Å². The van der Waals surface area contributed by atoms with Crippen LogP contribution in [0.3, 0.4) is 0 Å². The van der Waals surface area contributed by atoms with Crippen molar-refractivity contribution in [2.75, 3.05) is 26.7 Å². The predicted molar refractivity (Wildman–Crippen MR) is 88.7 cm³/mol. The predicted octanol–water partition coefficient (Wildman–Crippen LogP) is 2.16. The topological polar surface area (TPSA) is 67.4 Å². The van der Waals surface area contributed by atoms with Crippen molar-refractivity contribution in [1.82, 2.24) is 10.0 Å². The van der Waals surface area contributed by atoms with E-state index in [9.17, 15) is 8.42 Å². The molecule has 1 aromatic carbocycles. The molecule has 1 heterocycles. The number of sulfonamides is 1. The average Bonchev–Trinajstić information content (AvgIpc) is 2.46. The number of hydrogen-bond donors (Lipinski definition) is 2. The lowest BCUT2D eigenvalue weighted by Gasteiger charge is -2.22. The smallest absolute Gasteiger partial charge is 0.240 e. The molecule has 8 heteroatoms. The number of nitrogens with one attached hydrogen (secondary N) is 2. The van der Waals surface area contributed by atoms with E-state index in [2.05, 4.69) is 26.0 Å². The molecule has 5 nitrogen and oxygen atoms in total. The molecule has 1 unspecified atom stereocenters. The zero-order chi connectivity index (χ0) is 14.6. The molecule has 1 aliphatic rings. The van der Waals surface area contributed by atoms with E-state index >= 15 is 0 Å². The molecule has 1 aromatic rings. The summed E-state index contributed by atoms with van der Waals surface area (Å²) in [6.07, 6.45) is 2.15. The van der Waals surface area contributed by atoms with Crippen LogP contribution in [0.2, 0.25) is 0 Å². The molecule has 2 N–H and O–H groups in total. The third-order valence-corrected chi connectivity index (χ3v) is 5.47. The molecule has 0 aromatic heterocycles. The molecule has 0 spiro atoms. The molecule has 0 aliphatic carbocycles. The average molecular weight is 400 g/mol. The summed E-state index contributed by atoms with van der Waals surface area (Å²) < 4.78 is 33.0. The number of ether oxygens (including phenoxy) is 1. The summed E-state index contributed by atoms with van der Waals surface area (Å²) in [4.78, 5) is 0.223. The van der Waals surface area contributed by atoms with Crippen molar-refractivity contribution in [2.24, 2.45) is 5.92 Å². The van der Waals surface area contributed by atoms with Crippen LogP contribution in [0.1, 0.15) is 12.8 Å². The van der Waals surface area contributed by atoms with E-state index in [4.69, 9.17) is 4.74 Å². The molecule has 0 amide bonds. The summed E-state index contributed by atoms with van der Waals surface area (Å²) in [7, 11) is -1.98. The summed E-state index contributed by atoms with van der Waals surface area (Å²) in [6, 6.07) is 4.76. The first-order valence-corrected chi connectivity index (χ1v) is 8.84. The summed E-state index contributed by atoms with van der Waals surface area (Å²) >= 11 is 3.31. The highest BCUT2D eigenvalue weighted by Crippen LogP contribution is 2.27. The second-order valence-electron chi connectivity index (χ2n) is 4.86. The van der Waals surface area contributed by atoms with E-state index in [0.29, 0.717) is 18.2 Å². The molecule has 21 heavy (non-hydrogen) atoms. The Bertz CT molecular complexity index is 563. The highest BCUT2D eigenvalue weighted by Gasteiger charge is 2.19. The van der Waals surface area contributed by atoms with Gasteiger partial charge in [-0.2, -0.15) is 0 Å². The van der Waals surface area contributed by atoms with Crippen LogP contribution in [-0.2, 0) is 10.0 Å². The minimum Gasteiger partial charge on any atom is -0.496 e. The van der Waals surface area contributed by atoms with Crippen molar-refractivity contribution in [2.45, 2.75) is 17.7 Å². The van der Waals surface area contributed by atoms with Gasteiger partial charge < -0.3 is 10.1 Å². The van der Waals surface area contributed by atoms with Gasteiger partial charge in [0.25, 0.3) is 0 Å². The fourth-order valence-corrected chi connectivity index (χ4v) is 3.76. The molecule has 1 fully saturated rings. The maximum absolute atomic E-state index is 12.3. The largest absolute Gasteiger partial charge is 0.496 e. The number of hydrogen-bond acceptors (Lipinski definition) is 4. The molecule has 1 atom stereocenters.